The van der Waals surface area contributed by atoms with Crippen molar-refractivity contribution in [3.63, 3.8) is 0 Å². The van der Waals surface area contributed by atoms with Crippen molar-refractivity contribution >= 4 is 17.3 Å². The standard InChI is InChI=1S/C21H26FN5O2/c1-24-8-6-18-19(23-29)7-9-27(21(28)20(18)24)15-12-25-10-13-26(14-11-25)17-4-2-16(22)3-5-17/h2-6,8,29H,7,9-15H2,1H3/b23-19+. The van der Waals surface area contributed by atoms with Crippen molar-refractivity contribution in [3.8, 4) is 0 Å². The summed E-state index contributed by atoms with van der Waals surface area (Å²) in [6, 6.07) is 8.46. The van der Waals surface area contributed by atoms with Crippen molar-refractivity contribution in [2.24, 2.45) is 12.2 Å². The summed E-state index contributed by atoms with van der Waals surface area (Å²) in [6.07, 6.45) is 2.36. The van der Waals surface area contributed by atoms with Crippen LogP contribution < -0.4 is 4.90 Å². The molecule has 3 heterocycles. The van der Waals surface area contributed by atoms with Gasteiger partial charge in [-0.2, -0.15) is 0 Å². The Hall–Kier alpha value is -2.87. The van der Waals surface area contributed by atoms with Gasteiger partial charge in [-0.1, -0.05) is 5.16 Å². The lowest BCUT2D eigenvalue weighted by atomic mass is 10.1. The molecule has 0 saturated carbocycles. The van der Waals surface area contributed by atoms with Crippen LogP contribution in [0.3, 0.4) is 0 Å². The third-order valence-corrected chi connectivity index (χ3v) is 5.86. The first-order chi connectivity index (χ1) is 14.1. The fraction of sp³-hybridized carbons (Fsp3) is 0.429. The molecule has 0 unspecified atom stereocenters. The van der Waals surface area contributed by atoms with Crippen LogP contribution in [0, 0.1) is 5.82 Å². The van der Waals surface area contributed by atoms with E-state index in [1.165, 1.54) is 12.1 Å². The zero-order chi connectivity index (χ0) is 20.4. The largest absolute Gasteiger partial charge is 0.411 e. The first-order valence-corrected chi connectivity index (χ1v) is 9.95. The van der Waals surface area contributed by atoms with Gasteiger partial charge in [0.1, 0.15) is 11.5 Å². The molecule has 0 aliphatic carbocycles. The van der Waals surface area contributed by atoms with Crippen molar-refractivity contribution in [2.75, 3.05) is 50.7 Å². The highest BCUT2D eigenvalue weighted by atomic mass is 19.1. The molecule has 1 aromatic heterocycles. The molecular weight excluding hydrogens is 373 g/mol. The number of hydrogen-bond donors (Lipinski definition) is 1. The summed E-state index contributed by atoms with van der Waals surface area (Å²) in [7, 11) is 1.84. The Bertz CT molecular complexity index is 900. The minimum absolute atomic E-state index is 0.0175. The normalized spacial score (nSPS) is 19.5. The predicted octanol–water partition coefficient (Wildman–Crippen LogP) is 2.01. The molecule has 2 aliphatic rings. The molecule has 0 radical (unpaired) electrons. The zero-order valence-corrected chi connectivity index (χ0v) is 16.6. The maximum atomic E-state index is 13.1. The monoisotopic (exact) mass is 399 g/mol. The maximum absolute atomic E-state index is 13.1. The summed E-state index contributed by atoms with van der Waals surface area (Å²) in [5.41, 5.74) is 2.90. The number of aryl methyl sites for hydroxylation is 1. The van der Waals surface area contributed by atoms with Crippen molar-refractivity contribution in [1.29, 1.82) is 0 Å². The third kappa shape index (κ3) is 3.98. The van der Waals surface area contributed by atoms with Crippen LogP contribution in [0.5, 0.6) is 0 Å². The van der Waals surface area contributed by atoms with Gasteiger partial charge in [0.15, 0.2) is 0 Å². The Balaban J connectivity index is 1.35. The second kappa shape index (κ2) is 8.24. The van der Waals surface area contributed by atoms with Gasteiger partial charge in [0, 0.05) is 76.7 Å². The molecule has 0 bridgehead atoms. The van der Waals surface area contributed by atoms with E-state index >= 15 is 0 Å². The molecule has 29 heavy (non-hydrogen) atoms. The van der Waals surface area contributed by atoms with E-state index in [4.69, 9.17) is 0 Å². The fourth-order valence-corrected chi connectivity index (χ4v) is 4.12. The molecule has 0 spiro atoms. The van der Waals surface area contributed by atoms with Crippen molar-refractivity contribution < 1.29 is 14.4 Å². The number of carbonyl (C=O) groups excluding carboxylic acids is 1. The van der Waals surface area contributed by atoms with Gasteiger partial charge in [-0.3, -0.25) is 9.69 Å². The Kier molecular flexibility index (Phi) is 5.53. The van der Waals surface area contributed by atoms with E-state index in [0.29, 0.717) is 30.9 Å². The number of carbonyl (C=O) groups is 1. The van der Waals surface area contributed by atoms with E-state index in [1.54, 1.807) is 4.57 Å². The highest BCUT2D eigenvalue weighted by Gasteiger charge is 2.29. The second-order valence-electron chi connectivity index (χ2n) is 7.58. The van der Waals surface area contributed by atoms with E-state index in [-0.39, 0.29) is 11.7 Å². The first-order valence-electron chi connectivity index (χ1n) is 9.95. The summed E-state index contributed by atoms with van der Waals surface area (Å²) in [6.45, 7) is 5.54. The molecule has 1 amide bonds. The smallest absolute Gasteiger partial charge is 0.271 e. The average Bonchev–Trinajstić information content (AvgIpc) is 3.06. The molecule has 7 nitrogen and oxygen atoms in total. The molecular formula is C21H26FN5O2. The van der Waals surface area contributed by atoms with Crippen LogP contribution in [0.25, 0.3) is 0 Å². The number of oxime groups is 1. The van der Waals surface area contributed by atoms with Gasteiger partial charge in [0.05, 0.1) is 5.71 Å². The minimum Gasteiger partial charge on any atom is -0.411 e. The van der Waals surface area contributed by atoms with Gasteiger partial charge in [-0.15, -0.1) is 0 Å². The molecule has 0 atom stereocenters. The van der Waals surface area contributed by atoms with Gasteiger partial charge in [-0.05, 0) is 30.3 Å². The van der Waals surface area contributed by atoms with Crippen LogP contribution in [0.2, 0.25) is 0 Å². The predicted molar refractivity (Wildman–Crippen MR) is 109 cm³/mol. The number of nitrogens with zero attached hydrogens (tertiary/aromatic N) is 5. The molecule has 1 aromatic carbocycles. The summed E-state index contributed by atoms with van der Waals surface area (Å²) in [5.74, 6) is -0.235. The summed E-state index contributed by atoms with van der Waals surface area (Å²) in [5, 5.41) is 12.7. The second-order valence-corrected chi connectivity index (χ2v) is 7.58. The maximum Gasteiger partial charge on any atom is 0.271 e. The van der Waals surface area contributed by atoms with Gasteiger partial charge in [-0.25, -0.2) is 4.39 Å². The minimum atomic E-state index is -0.217. The van der Waals surface area contributed by atoms with Crippen LogP contribution in [-0.4, -0.2) is 77.0 Å². The van der Waals surface area contributed by atoms with E-state index in [1.807, 2.05) is 36.3 Å². The topological polar surface area (TPSA) is 64.3 Å². The number of amides is 1. The molecule has 2 aliphatic heterocycles. The summed E-state index contributed by atoms with van der Waals surface area (Å²) in [4.78, 5) is 19.5. The Labute approximate surface area is 169 Å². The van der Waals surface area contributed by atoms with E-state index in [9.17, 15) is 14.4 Å². The molecule has 1 saturated heterocycles. The number of anilines is 1. The van der Waals surface area contributed by atoms with Crippen LogP contribution in [-0.2, 0) is 7.05 Å². The number of aromatic nitrogens is 1. The number of benzene rings is 1. The van der Waals surface area contributed by atoms with Crippen molar-refractivity contribution in [3.05, 3.63) is 53.6 Å². The average molecular weight is 399 g/mol. The highest BCUT2D eigenvalue weighted by Crippen LogP contribution is 2.21. The van der Waals surface area contributed by atoms with Gasteiger partial charge < -0.3 is 19.6 Å². The number of piperazine rings is 1. The Morgan fingerprint density at radius 2 is 1.76 bits per heavy atom. The van der Waals surface area contributed by atoms with Gasteiger partial charge in [0.2, 0.25) is 0 Å². The summed E-state index contributed by atoms with van der Waals surface area (Å²) < 4.78 is 14.9. The summed E-state index contributed by atoms with van der Waals surface area (Å²) >= 11 is 0. The van der Waals surface area contributed by atoms with Crippen LogP contribution in [0.4, 0.5) is 10.1 Å². The number of fused-ring (bicyclic) bond motifs is 1. The van der Waals surface area contributed by atoms with Crippen LogP contribution >= 0.6 is 0 Å². The molecule has 8 heteroatoms. The lowest BCUT2D eigenvalue weighted by molar-refractivity contribution is 0.0732. The van der Waals surface area contributed by atoms with Crippen molar-refractivity contribution in [2.45, 2.75) is 6.42 Å². The van der Waals surface area contributed by atoms with Gasteiger partial charge >= 0.3 is 0 Å². The van der Waals surface area contributed by atoms with Gasteiger partial charge in [0.25, 0.3) is 5.91 Å². The number of hydrogen-bond acceptors (Lipinski definition) is 5. The highest BCUT2D eigenvalue weighted by molar-refractivity contribution is 6.11. The molecule has 1 N–H and O–H groups in total. The third-order valence-electron chi connectivity index (χ3n) is 5.86. The van der Waals surface area contributed by atoms with Crippen LogP contribution in [0.15, 0.2) is 41.7 Å². The van der Waals surface area contributed by atoms with Crippen LogP contribution in [0.1, 0.15) is 22.5 Å². The van der Waals surface area contributed by atoms with E-state index in [0.717, 1.165) is 44.0 Å². The SMILES string of the molecule is Cn1ccc2c1C(=O)N(CCN1CCN(c3ccc(F)cc3)CC1)CC/C2=N\O. The van der Waals surface area contributed by atoms with Crippen molar-refractivity contribution in [1.82, 2.24) is 14.4 Å². The Morgan fingerprint density at radius 3 is 2.45 bits per heavy atom. The number of rotatable bonds is 4. The lowest BCUT2D eigenvalue weighted by Gasteiger charge is -2.37. The zero-order valence-electron chi connectivity index (χ0n) is 16.6. The number of halogens is 1. The fourth-order valence-electron chi connectivity index (χ4n) is 4.12. The lowest BCUT2D eigenvalue weighted by Crippen LogP contribution is -2.49. The van der Waals surface area contributed by atoms with E-state index in [2.05, 4.69) is 15.0 Å². The molecule has 1 fully saturated rings. The molecule has 154 valence electrons. The Morgan fingerprint density at radius 1 is 1.03 bits per heavy atom. The quantitative estimate of drug-likeness (QED) is 0.631. The molecule has 4 rings (SSSR count). The first kappa shape index (κ1) is 19.4. The molecule has 2 aromatic rings. The van der Waals surface area contributed by atoms with E-state index < -0.39 is 0 Å².